The van der Waals surface area contributed by atoms with Gasteiger partial charge in [-0.15, -0.1) is 45.1 Å². The van der Waals surface area contributed by atoms with Crippen LogP contribution in [-0.4, -0.2) is 12.1 Å². The van der Waals surface area contributed by atoms with E-state index in [1.165, 1.54) is 121 Å². The quantitative estimate of drug-likeness (QED) is 0.126. The molecule has 0 saturated heterocycles. The summed E-state index contributed by atoms with van der Waals surface area (Å²) < 4.78 is 0. The predicted molar refractivity (Wildman–Crippen MR) is 246 cm³/mol. The first-order valence-corrected chi connectivity index (χ1v) is 23.7. The van der Waals surface area contributed by atoms with Gasteiger partial charge in [0.15, 0.2) is 0 Å². The van der Waals surface area contributed by atoms with Crippen molar-refractivity contribution in [1.29, 1.82) is 0 Å². The molecule has 10 rings (SSSR count). The zero-order valence-electron chi connectivity index (χ0n) is 33.1. The van der Waals surface area contributed by atoms with Crippen molar-refractivity contribution in [2.45, 2.75) is 32.9 Å². The van der Waals surface area contributed by atoms with Gasteiger partial charge in [0.1, 0.15) is 0 Å². The predicted octanol–water partition coefficient (Wildman–Crippen LogP) is 15.0. The molecule has 1 aliphatic carbocycles. The van der Waals surface area contributed by atoms with Crippen LogP contribution in [0.2, 0.25) is 0 Å². The van der Waals surface area contributed by atoms with Crippen molar-refractivity contribution in [2.24, 2.45) is 5.92 Å². The maximum absolute atomic E-state index is 3.61. The molecule has 0 N–H and O–H groups in total. The zero-order valence-corrected chi connectivity index (χ0v) is 37.3. The summed E-state index contributed by atoms with van der Waals surface area (Å²) in [4.78, 5) is 1.33. The van der Waals surface area contributed by atoms with E-state index in [9.17, 15) is 0 Å². The molecular weight excluding hydrogens is 788 g/mol. The number of hydrogen-bond donors (Lipinski definition) is 0. The van der Waals surface area contributed by atoms with Gasteiger partial charge in [0.05, 0.1) is 0 Å². The van der Waals surface area contributed by atoms with E-state index in [0.717, 1.165) is 0 Å². The molecule has 8 aromatic carbocycles. The Morgan fingerprint density at radius 2 is 1.11 bits per heavy atom. The fraction of sp³-hybridized carbons (Fsp3) is 0.113. The average Bonchev–Trinajstić information content (AvgIpc) is 3.89. The van der Waals surface area contributed by atoms with E-state index >= 15 is 0 Å². The van der Waals surface area contributed by atoms with Crippen LogP contribution < -0.4 is 0 Å². The third-order valence-corrected chi connectivity index (χ3v) is 11.8. The van der Waals surface area contributed by atoms with Crippen molar-refractivity contribution in [2.75, 3.05) is 0 Å². The second-order valence-electron chi connectivity index (χ2n) is 14.4. The van der Waals surface area contributed by atoms with Gasteiger partial charge in [-0.05, 0) is 61.8 Å². The van der Waals surface area contributed by atoms with E-state index in [1.807, 2.05) is 11.8 Å². The van der Waals surface area contributed by atoms with Crippen LogP contribution >= 0.6 is 11.8 Å². The summed E-state index contributed by atoms with van der Waals surface area (Å²) in [5.41, 5.74) is 12.1. The minimum atomic E-state index is 0. The first kappa shape index (κ1) is 41.2. The molecule has 3 heteroatoms. The number of fused-ring (bicyclic) bond motifs is 5. The topological polar surface area (TPSA) is 0 Å². The third kappa shape index (κ3) is 7.79. The van der Waals surface area contributed by atoms with Crippen LogP contribution in [0.3, 0.4) is 0 Å². The van der Waals surface area contributed by atoms with E-state index in [0.29, 0.717) is 11.2 Å². The zero-order chi connectivity index (χ0) is 37.3. The summed E-state index contributed by atoms with van der Waals surface area (Å²) in [5.74, 6) is 0.537. The van der Waals surface area contributed by atoms with Crippen molar-refractivity contribution in [3.05, 3.63) is 206 Å². The molecule has 0 bridgehead atoms. The van der Waals surface area contributed by atoms with Crippen LogP contribution in [0.4, 0.5) is 0 Å². The molecule has 0 fully saturated rings. The standard InChI is InChI=1S/C30H21.C21H19S.2CH3.Si.Zr/c1-20-16-23-18-24(27-14-6-10-21-8-2-4-12-25(21)27)19-30(29(23)17-20)28-15-7-11-22-9-3-5-13-26(22)28;1-13(2)16-11-19-20(12-16)22-14(3)21(19)18-10-6-8-15-7-4-5-9-17(15)18;;;;/h2-19H,1H3;4-11,13-14H,1-3H3;2*1H3;;/q4*-1;;. The Bertz CT molecular complexity index is 2780. The van der Waals surface area contributed by atoms with Gasteiger partial charge in [-0.25, -0.2) is 6.08 Å². The van der Waals surface area contributed by atoms with Gasteiger partial charge in [-0.3, -0.25) is 0 Å². The van der Waals surface area contributed by atoms with E-state index in [1.54, 1.807) is 0 Å². The van der Waals surface area contributed by atoms with Crippen molar-refractivity contribution in [3.63, 3.8) is 0 Å². The Kier molecular flexibility index (Phi) is 13.1. The number of aryl methyl sites for hydroxylation is 1. The normalized spacial score (nSPS) is 14.3. The molecule has 0 amide bonds. The van der Waals surface area contributed by atoms with Gasteiger partial charge >= 0.3 is 30.2 Å². The van der Waals surface area contributed by atoms with Crippen molar-refractivity contribution < 1.29 is 23.3 Å². The van der Waals surface area contributed by atoms with Crippen LogP contribution in [0, 0.1) is 33.8 Å². The maximum atomic E-state index is 3.61. The van der Waals surface area contributed by atoms with Crippen LogP contribution in [0.1, 0.15) is 31.9 Å². The third-order valence-electron chi connectivity index (χ3n) is 10.6. The van der Waals surface area contributed by atoms with Crippen LogP contribution in [0.15, 0.2) is 174 Å². The van der Waals surface area contributed by atoms with E-state index in [2.05, 4.69) is 198 Å². The molecule has 8 aromatic rings. The Morgan fingerprint density at radius 1 is 0.607 bits per heavy atom. The number of allylic oxidation sites excluding steroid dienone is 4. The summed E-state index contributed by atoms with van der Waals surface area (Å²) in [6.45, 7) is 12.0. The first-order chi connectivity index (χ1) is 26.4. The fourth-order valence-electron chi connectivity index (χ4n) is 8.13. The van der Waals surface area contributed by atoms with Gasteiger partial charge in [-0.2, -0.15) is 23.3 Å². The Hall–Kier alpha value is -4.40. The molecule has 0 saturated carbocycles. The number of thioether (sulfide) groups is 1. The van der Waals surface area contributed by atoms with Crippen molar-refractivity contribution in [3.8, 4) is 22.3 Å². The summed E-state index contributed by atoms with van der Waals surface area (Å²) in [6.07, 6.45) is 5.97. The van der Waals surface area contributed by atoms with Gasteiger partial charge in [0.2, 0.25) is 0 Å². The number of rotatable bonds is 4. The van der Waals surface area contributed by atoms with E-state index in [4.69, 9.17) is 0 Å². The second-order valence-corrected chi connectivity index (χ2v) is 15.8. The molecule has 1 atom stereocenters. The van der Waals surface area contributed by atoms with Crippen molar-refractivity contribution in [1.82, 2.24) is 0 Å². The number of hydrogen-bond acceptors (Lipinski definition) is 1. The summed E-state index contributed by atoms with van der Waals surface area (Å²) in [6, 6.07) is 55.2. The molecule has 1 heterocycles. The monoisotopic (exact) mass is 832 g/mol. The van der Waals surface area contributed by atoms with Crippen LogP contribution in [-0.2, 0) is 23.3 Å². The van der Waals surface area contributed by atoms with E-state index < -0.39 is 0 Å². The second kappa shape index (κ2) is 17.8. The molecule has 0 spiro atoms. The first-order valence-electron chi connectivity index (χ1n) is 18.6. The van der Waals surface area contributed by atoms with Crippen LogP contribution in [0.25, 0.3) is 70.9 Å². The van der Waals surface area contributed by atoms with E-state index in [-0.39, 0.29) is 14.9 Å². The van der Waals surface area contributed by atoms with Crippen LogP contribution in [0.5, 0.6) is 0 Å². The van der Waals surface area contributed by atoms with Gasteiger partial charge in [-0.1, -0.05) is 171 Å². The fourth-order valence-corrected chi connectivity index (χ4v) is 9.32. The molecule has 2 aliphatic rings. The summed E-state index contributed by atoms with van der Waals surface area (Å²) in [7, 11) is 0. The molecule has 0 nitrogen and oxygen atoms in total. The SMILES string of the molecule is CC(C)C1=CC2=C(c3cccc4ccccc34)C(C)SC2=[C-]1.Cc1cc2c(-c3cccc4ccccc34)cc(-c3cccc4ccccc34)cc2[cH-]1.[CH3-].[CH3-].[Si]=[Zr]. The Morgan fingerprint density at radius 3 is 1.70 bits per heavy atom. The molecular formula is C53H46SSiZr-4. The number of benzene rings is 7. The Labute approximate surface area is 355 Å². The molecule has 1 aliphatic heterocycles. The molecule has 276 valence electrons. The average molecular weight is 834 g/mol. The summed E-state index contributed by atoms with van der Waals surface area (Å²) in [5, 5.41) is 11.0. The Balaban J connectivity index is 0.000000183. The van der Waals surface area contributed by atoms with Gasteiger partial charge in [0, 0.05) is 5.25 Å². The van der Waals surface area contributed by atoms with Crippen molar-refractivity contribution >= 4 is 67.3 Å². The molecule has 1 unspecified atom stereocenters. The minimum absolute atomic E-state index is 0. The van der Waals surface area contributed by atoms with Gasteiger partial charge in [0.25, 0.3) is 0 Å². The molecule has 56 heavy (non-hydrogen) atoms. The van der Waals surface area contributed by atoms with Gasteiger partial charge < -0.3 is 14.9 Å². The molecule has 0 aromatic heterocycles. The molecule has 2 radical (unpaired) electrons. The summed E-state index contributed by atoms with van der Waals surface area (Å²) >= 11 is 3.30.